The monoisotopic (exact) mass is 394 g/mol. The molecule has 7 atom stereocenters. The first kappa shape index (κ1) is 19.1. The molecule has 3 aliphatic carbocycles. The van der Waals surface area contributed by atoms with Crippen LogP contribution in [-0.4, -0.2) is 34.6 Å². The summed E-state index contributed by atoms with van der Waals surface area (Å²) in [4.78, 5) is 0. The van der Waals surface area contributed by atoms with E-state index in [9.17, 15) is 15.3 Å². The third-order valence-corrected chi connectivity index (χ3v) is 8.40. The minimum absolute atomic E-state index is 0.0367. The number of hydrogen-bond acceptors (Lipinski definition) is 4. The van der Waals surface area contributed by atoms with E-state index in [1.54, 1.807) is 13.2 Å². The van der Waals surface area contributed by atoms with Gasteiger partial charge < -0.3 is 20.1 Å². The molecule has 0 bridgehead atoms. The number of phenols is 1. The Balaban J connectivity index is 1.62. The average molecular weight is 395 g/mol. The van der Waals surface area contributed by atoms with Crippen molar-refractivity contribution in [2.75, 3.05) is 7.11 Å². The highest BCUT2D eigenvalue weighted by molar-refractivity contribution is 5.42. The number of phenolic OH excluding ortho intramolecular Hbond substituents is 1. The third-order valence-electron chi connectivity index (χ3n) is 8.40. The summed E-state index contributed by atoms with van der Waals surface area (Å²) in [5.74, 6) is 1.09. The van der Waals surface area contributed by atoms with Crippen LogP contribution in [0, 0.1) is 17.3 Å². The lowest BCUT2D eigenvalue weighted by molar-refractivity contribution is -0.171. The highest BCUT2D eigenvalue weighted by atomic mass is 16.5. The predicted octanol–water partition coefficient (Wildman–Crippen LogP) is 3.73. The number of rotatable bonds is 2. The van der Waals surface area contributed by atoms with E-state index in [-0.39, 0.29) is 17.9 Å². The van der Waals surface area contributed by atoms with Crippen LogP contribution in [0.4, 0.5) is 0 Å². The van der Waals surface area contributed by atoms with Crippen molar-refractivity contribution in [3.63, 3.8) is 0 Å². The van der Waals surface area contributed by atoms with Gasteiger partial charge in [-0.2, -0.15) is 0 Å². The van der Waals surface area contributed by atoms with Gasteiger partial charge >= 0.3 is 0 Å². The van der Waals surface area contributed by atoms with Crippen molar-refractivity contribution in [2.24, 2.45) is 17.3 Å². The third kappa shape index (κ3) is 2.49. The summed E-state index contributed by atoms with van der Waals surface area (Å²) in [5.41, 5.74) is 1.51. The van der Waals surface area contributed by atoms with Gasteiger partial charge in [-0.25, -0.2) is 0 Å². The van der Waals surface area contributed by atoms with Gasteiger partial charge in [-0.1, -0.05) is 43.3 Å². The highest BCUT2D eigenvalue weighted by Gasteiger charge is 2.68. The highest BCUT2D eigenvalue weighted by Crippen LogP contribution is 2.67. The second-order valence-electron chi connectivity index (χ2n) is 9.50. The summed E-state index contributed by atoms with van der Waals surface area (Å²) in [7, 11) is 1.76. The first-order chi connectivity index (χ1) is 13.9. The predicted molar refractivity (Wildman–Crippen MR) is 111 cm³/mol. The zero-order chi connectivity index (χ0) is 20.4. The fourth-order valence-corrected chi connectivity index (χ4v) is 7.07. The van der Waals surface area contributed by atoms with Gasteiger partial charge in [0.2, 0.25) is 0 Å². The summed E-state index contributed by atoms with van der Waals surface area (Å²) in [6.07, 6.45) is 2.36. The largest absolute Gasteiger partial charge is 0.508 e. The molecule has 0 saturated heterocycles. The van der Waals surface area contributed by atoms with Gasteiger partial charge in [-0.15, -0.1) is 0 Å². The Kier molecular flexibility index (Phi) is 4.32. The van der Waals surface area contributed by atoms with Crippen LogP contribution in [0.1, 0.15) is 48.8 Å². The summed E-state index contributed by atoms with van der Waals surface area (Å²) in [6.45, 7) is 2.15. The Labute approximate surface area is 172 Å². The van der Waals surface area contributed by atoms with Gasteiger partial charge in [-0.05, 0) is 66.3 Å². The smallest absolute Gasteiger partial charge is 0.121 e. The van der Waals surface area contributed by atoms with Crippen molar-refractivity contribution in [3.05, 3.63) is 65.2 Å². The molecular formula is C25H30O4. The summed E-state index contributed by atoms with van der Waals surface area (Å²) >= 11 is 0. The fourth-order valence-electron chi connectivity index (χ4n) is 7.07. The Morgan fingerprint density at radius 1 is 1.10 bits per heavy atom. The van der Waals surface area contributed by atoms with Crippen molar-refractivity contribution in [1.82, 2.24) is 0 Å². The lowest BCUT2D eigenvalue weighted by atomic mass is 9.51. The van der Waals surface area contributed by atoms with Crippen molar-refractivity contribution >= 4 is 0 Å². The van der Waals surface area contributed by atoms with Crippen LogP contribution in [0.2, 0.25) is 0 Å². The first-order valence-electron chi connectivity index (χ1n) is 10.7. The number of hydrogen-bond donors (Lipinski definition) is 3. The molecule has 0 heterocycles. The second kappa shape index (κ2) is 6.56. The first-order valence-corrected chi connectivity index (χ1v) is 10.7. The van der Waals surface area contributed by atoms with Crippen LogP contribution in [-0.2, 0) is 16.8 Å². The van der Waals surface area contributed by atoms with Crippen LogP contribution < -0.4 is 0 Å². The zero-order valence-corrected chi connectivity index (χ0v) is 17.1. The van der Waals surface area contributed by atoms with E-state index in [1.807, 2.05) is 42.5 Å². The Morgan fingerprint density at radius 3 is 2.59 bits per heavy atom. The number of aliphatic hydroxyl groups is 2. The maximum Gasteiger partial charge on any atom is 0.121 e. The lowest BCUT2D eigenvalue weighted by Gasteiger charge is -2.56. The number of aliphatic hydroxyl groups excluding tert-OH is 1. The van der Waals surface area contributed by atoms with Gasteiger partial charge in [0, 0.05) is 18.4 Å². The van der Waals surface area contributed by atoms with Gasteiger partial charge in [0.1, 0.15) is 11.4 Å². The molecule has 5 rings (SSSR count). The summed E-state index contributed by atoms with van der Waals surface area (Å²) in [5, 5.41) is 33.1. The molecule has 4 nitrogen and oxygen atoms in total. The average Bonchev–Trinajstić information content (AvgIpc) is 2.94. The maximum absolute atomic E-state index is 12.0. The van der Waals surface area contributed by atoms with E-state index in [0.717, 1.165) is 18.4 Å². The van der Waals surface area contributed by atoms with E-state index >= 15 is 0 Å². The number of benzene rings is 2. The van der Waals surface area contributed by atoms with Crippen molar-refractivity contribution in [3.8, 4) is 5.75 Å². The maximum atomic E-state index is 12.0. The van der Waals surface area contributed by atoms with E-state index < -0.39 is 17.1 Å². The topological polar surface area (TPSA) is 69.9 Å². The molecule has 2 fully saturated rings. The van der Waals surface area contributed by atoms with Crippen molar-refractivity contribution in [2.45, 2.75) is 56.3 Å². The zero-order valence-electron chi connectivity index (χ0n) is 17.1. The Bertz CT molecular complexity index is 912. The van der Waals surface area contributed by atoms with E-state index in [1.165, 1.54) is 11.1 Å². The van der Waals surface area contributed by atoms with Crippen molar-refractivity contribution in [1.29, 1.82) is 0 Å². The van der Waals surface area contributed by atoms with Gasteiger partial charge in [0.05, 0.1) is 12.2 Å². The van der Waals surface area contributed by atoms with Gasteiger partial charge in [0.25, 0.3) is 0 Å². The fraction of sp³-hybridized carbons (Fsp3) is 0.520. The number of methoxy groups -OCH3 is 1. The molecule has 2 aromatic carbocycles. The summed E-state index contributed by atoms with van der Waals surface area (Å²) < 4.78 is 6.03. The van der Waals surface area contributed by atoms with E-state index in [4.69, 9.17) is 4.74 Å². The number of aromatic hydroxyl groups is 1. The molecule has 0 amide bonds. The van der Waals surface area contributed by atoms with Crippen LogP contribution in [0.5, 0.6) is 5.75 Å². The Hall–Kier alpha value is -1.88. The van der Waals surface area contributed by atoms with Crippen LogP contribution >= 0.6 is 0 Å². The molecule has 154 valence electrons. The minimum atomic E-state index is -1.28. The van der Waals surface area contributed by atoms with Crippen LogP contribution in [0.3, 0.4) is 0 Å². The van der Waals surface area contributed by atoms with E-state index in [2.05, 4.69) is 6.92 Å². The van der Waals surface area contributed by atoms with E-state index in [0.29, 0.717) is 24.5 Å². The SMILES string of the molecule is CO[C@H]1C[C@@]2(C)[C@@H](C[C@@H](O)[C@@]2(O)c2ccccc2)[C@@H]2CCc3cc(O)ccc3[C@H]21. The van der Waals surface area contributed by atoms with Gasteiger partial charge in [-0.3, -0.25) is 0 Å². The van der Waals surface area contributed by atoms with Crippen LogP contribution in [0.15, 0.2) is 48.5 Å². The standard InChI is InChI=1S/C25H30O4/c1-24-14-21(29-2)23-18-11-9-17(26)12-15(18)8-10-19(23)20(24)13-22(27)25(24,28)16-6-4-3-5-7-16/h3-7,9,11-12,19-23,26-28H,8,10,13-14H2,1-2H3/t19-,20-,21-,22+,23+,24-,25-/m0/s1. The number of fused-ring (bicyclic) bond motifs is 5. The normalized spacial score (nSPS) is 40.8. The molecule has 0 radical (unpaired) electrons. The second-order valence-corrected chi connectivity index (χ2v) is 9.50. The number of aryl methyl sites for hydroxylation is 1. The molecule has 2 saturated carbocycles. The lowest BCUT2D eigenvalue weighted by Crippen LogP contribution is -2.55. The van der Waals surface area contributed by atoms with Crippen molar-refractivity contribution < 1.29 is 20.1 Å². The molecule has 0 aliphatic heterocycles. The quantitative estimate of drug-likeness (QED) is 0.726. The van der Waals surface area contributed by atoms with Gasteiger partial charge in [0.15, 0.2) is 0 Å². The molecule has 3 N–H and O–H groups in total. The van der Waals surface area contributed by atoms with Crippen LogP contribution in [0.25, 0.3) is 0 Å². The molecule has 3 aliphatic rings. The minimum Gasteiger partial charge on any atom is -0.508 e. The Morgan fingerprint density at radius 2 is 1.86 bits per heavy atom. The molecular weight excluding hydrogens is 364 g/mol. The summed E-state index contributed by atoms with van der Waals surface area (Å²) in [6, 6.07) is 15.4. The number of ether oxygens (including phenoxy) is 1. The molecule has 0 aromatic heterocycles. The molecule has 0 spiro atoms. The molecule has 29 heavy (non-hydrogen) atoms. The molecule has 0 unspecified atom stereocenters. The molecule has 4 heteroatoms. The molecule has 2 aromatic rings.